The third-order valence-electron chi connectivity index (χ3n) is 1.77. The highest BCUT2D eigenvalue weighted by Gasteiger charge is 2.27. The van der Waals surface area contributed by atoms with E-state index in [9.17, 15) is 18.0 Å². The first kappa shape index (κ1) is 13.6. The maximum Gasteiger partial charge on any atom is 0.411 e. The van der Waals surface area contributed by atoms with Crippen LogP contribution in [0.4, 0.5) is 13.2 Å². The predicted octanol–water partition coefficient (Wildman–Crippen LogP) is 2.02. The molecule has 0 fully saturated rings. The molecule has 0 saturated carbocycles. The zero-order chi connectivity index (χ0) is 12.7. The number of nitrogens with zero attached hydrogens (tertiary/aromatic N) is 2. The number of hydrogen-bond acceptors (Lipinski definition) is 4. The van der Waals surface area contributed by atoms with E-state index in [0.717, 1.165) is 0 Å². The van der Waals surface area contributed by atoms with Crippen LogP contribution in [0.5, 0.6) is 0 Å². The standard InChI is InChI=1S/C10H11F3N2O2/c11-10(12,13)7-17-6-1-3-8(16)9-14-4-2-5-15-9/h2,4-5H,1,3,6-7H2. The molecule has 0 saturated heterocycles. The summed E-state index contributed by atoms with van der Waals surface area (Å²) in [6.45, 7) is -1.40. The summed E-state index contributed by atoms with van der Waals surface area (Å²) >= 11 is 0. The number of Topliss-reactive ketones (excluding diaryl/α,β-unsaturated/α-hetero) is 1. The minimum Gasteiger partial charge on any atom is -0.372 e. The van der Waals surface area contributed by atoms with Gasteiger partial charge in [-0.2, -0.15) is 13.2 Å². The van der Waals surface area contributed by atoms with Crippen molar-refractivity contribution in [2.24, 2.45) is 0 Å². The number of ether oxygens (including phenoxy) is 1. The van der Waals surface area contributed by atoms with Gasteiger partial charge in [-0.1, -0.05) is 0 Å². The van der Waals surface area contributed by atoms with Crippen LogP contribution in [0.2, 0.25) is 0 Å². The molecule has 1 rings (SSSR count). The summed E-state index contributed by atoms with van der Waals surface area (Å²) in [7, 11) is 0. The van der Waals surface area contributed by atoms with Crippen molar-refractivity contribution in [1.29, 1.82) is 0 Å². The van der Waals surface area contributed by atoms with Gasteiger partial charge in [0.25, 0.3) is 0 Å². The summed E-state index contributed by atoms with van der Waals surface area (Å²) in [4.78, 5) is 18.9. The lowest BCUT2D eigenvalue weighted by Gasteiger charge is -2.06. The Morgan fingerprint density at radius 2 is 1.94 bits per heavy atom. The monoisotopic (exact) mass is 248 g/mol. The fraction of sp³-hybridized carbons (Fsp3) is 0.500. The van der Waals surface area contributed by atoms with E-state index in [2.05, 4.69) is 14.7 Å². The van der Waals surface area contributed by atoms with E-state index in [1.54, 1.807) is 6.07 Å². The number of hydrogen-bond donors (Lipinski definition) is 0. The highest BCUT2D eigenvalue weighted by Crippen LogP contribution is 2.14. The van der Waals surface area contributed by atoms with Crippen LogP contribution in [-0.4, -0.2) is 35.1 Å². The molecule has 0 spiro atoms. The van der Waals surface area contributed by atoms with Gasteiger partial charge in [-0.05, 0) is 12.5 Å². The van der Waals surface area contributed by atoms with Gasteiger partial charge < -0.3 is 4.74 Å². The first-order chi connectivity index (χ1) is 7.99. The van der Waals surface area contributed by atoms with Crippen molar-refractivity contribution < 1.29 is 22.7 Å². The second-order valence-corrected chi connectivity index (χ2v) is 3.27. The maximum atomic E-state index is 11.7. The maximum absolute atomic E-state index is 11.7. The number of ketones is 1. The van der Waals surface area contributed by atoms with Crippen molar-refractivity contribution in [3.8, 4) is 0 Å². The Hall–Kier alpha value is -1.50. The summed E-state index contributed by atoms with van der Waals surface area (Å²) in [5.41, 5.74) is 0. The van der Waals surface area contributed by atoms with Crippen LogP contribution < -0.4 is 0 Å². The summed E-state index contributed by atoms with van der Waals surface area (Å²) in [6, 6.07) is 1.57. The van der Waals surface area contributed by atoms with Gasteiger partial charge >= 0.3 is 6.18 Å². The number of aromatic nitrogens is 2. The second kappa shape index (κ2) is 6.29. The normalized spacial score (nSPS) is 11.5. The van der Waals surface area contributed by atoms with E-state index in [1.807, 2.05) is 0 Å². The molecule has 94 valence electrons. The lowest BCUT2D eigenvalue weighted by Crippen LogP contribution is -2.17. The molecular weight excluding hydrogens is 237 g/mol. The van der Waals surface area contributed by atoms with Gasteiger partial charge in [0.05, 0.1) is 0 Å². The Morgan fingerprint density at radius 3 is 2.53 bits per heavy atom. The molecule has 1 aromatic heterocycles. The topological polar surface area (TPSA) is 52.1 Å². The van der Waals surface area contributed by atoms with Gasteiger partial charge in [-0.25, -0.2) is 9.97 Å². The SMILES string of the molecule is O=C(CCCOCC(F)(F)F)c1ncccn1. The Bertz CT molecular complexity index is 354. The minimum absolute atomic E-state index is 0.0713. The van der Waals surface area contributed by atoms with Crippen molar-refractivity contribution in [1.82, 2.24) is 9.97 Å². The number of rotatable bonds is 6. The van der Waals surface area contributed by atoms with Crippen molar-refractivity contribution in [2.45, 2.75) is 19.0 Å². The lowest BCUT2D eigenvalue weighted by atomic mass is 10.2. The molecule has 0 radical (unpaired) electrons. The van der Waals surface area contributed by atoms with Crippen LogP contribution in [0.3, 0.4) is 0 Å². The number of carbonyl (C=O) groups is 1. The molecule has 1 aromatic rings. The molecule has 0 aromatic carbocycles. The van der Waals surface area contributed by atoms with Gasteiger partial charge in [-0.15, -0.1) is 0 Å². The van der Waals surface area contributed by atoms with E-state index in [-0.39, 0.29) is 31.1 Å². The molecule has 0 N–H and O–H groups in total. The highest BCUT2D eigenvalue weighted by molar-refractivity contribution is 5.92. The summed E-state index contributed by atoms with van der Waals surface area (Å²) in [5.74, 6) is -0.232. The van der Waals surface area contributed by atoms with E-state index in [0.29, 0.717) is 0 Å². The Kier molecular flexibility index (Phi) is 5.02. The molecule has 0 aliphatic heterocycles. The smallest absolute Gasteiger partial charge is 0.372 e. The van der Waals surface area contributed by atoms with Gasteiger partial charge in [0.15, 0.2) is 11.6 Å². The molecule has 1 heterocycles. The van der Waals surface area contributed by atoms with Crippen molar-refractivity contribution in [3.05, 3.63) is 24.3 Å². The second-order valence-electron chi connectivity index (χ2n) is 3.27. The number of alkyl halides is 3. The molecule has 17 heavy (non-hydrogen) atoms. The summed E-state index contributed by atoms with van der Waals surface area (Å²) in [5, 5.41) is 0. The van der Waals surface area contributed by atoms with Gasteiger partial charge in [0.1, 0.15) is 6.61 Å². The molecule has 0 amide bonds. The van der Waals surface area contributed by atoms with E-state index in [4.69, 9.17) is 0 Å². The zero-order valence-electron chi connectivity index (χ0n) is 8.91. The third-order valence-corrected chi connectivity index (χ3v) is 1.77. The molecule has 4 nitrogen and oxygen atoms in total. The van der Waals surface area contributed by atoms with Crippen LogP contribution in [0.25, 0.3) is 0 Å². The van der Waals surface area contributed by atoms with Crippen LogP contribution in [0.1, 0.15) is 23.5 Å². The Morgan fingerprint density at radius 1 is 1.29 bits per heavy atom. The molecule has 0 atom stereocenters. The Balaban J connectivity index is 2.18. The quantitative estimate of drug-likeness (QED) is 0.571. The fourth-order valence-electron chi connectivity index (χ4n) is 1.08. The largest absolute Gasteiger partial charge is 0.411 e. The first-order valence-corrected chi connectivity index (χ1v) is 4.94. The number of carbonyl (C=O) groups excluding carboxylic acids is 1. The van der Waals surface area contributed by atoms with Gasteiger partial charge in [0, 0.05) is 25.4 Å². The van der Waals surface area contributed by atoms with Crippen molar-refractivity contribution in [3.63, 3.8) is 0 Å². The van der Waals surface area contributed by atoms with E-state index >= 15 is 0 Å². The average Bonchev–Trinajstić information content (AvgIpc) is 2.28. The van der Waals surface area contributed by atoms with E-state index < -0.39 is 12.8 Å². The Labute approximate surface area is 95.8 Å². The average molecular weight is 248 g/mol. The molecule has 7 heteroatoms. The van der Waals surface area contributed by atoms with Crippen LogP contribution in [0.15, 0.2) is 18.5 Å². The third kappa shape index (κ3) is 5.96. The number of halogens is 3. The molecule has 0 aliphatic rings. The van der Waals surface area contributed by atoms with Gasteiger partial charge in [0.2, 0.25) is 0 Å². The minimum atomic E-state index is -4.33. The van der Waals surface area contributed by atoms with E-state index in [1.165, 1.54) is 12.4 Å². The lowest BCUT2D eigenvalue weighted by molar-refractivity contribution is -0.173. The predicted molar refractivity (Wildman–Crippen MR) is 52.5 cm³/mol. The zero-order valence-corrected chi connectivity index (χ0v) is 8.91. The first-order valence-electron chi connectivity index (χ1n) is 4.94. The molecule has 0 aliphatic carbocycles. The van der Waals surface area contributed by atoms with Crippen LogP contribution >= 0.6 is 0 Å². The highest BCUT2D eigenvalue weighted by atomic mass is 19.4. The van der Waals surface area contributed by atoms with Crippen molar-refractivity contribution in [2.75, 3.05) is 13.2 Å². The summed E-state index contributed by atoms with van der Waals surface area (Å²) < 4.78 is 39.4. The molecule has 0 bridgehead atoms. The molecule has 0 unspecified atom stereocenters. The van der Waals surface area contributed by atoms with Gasteiger partial charge in [-0.3, -0.25) is 4.79 Å². The summed E-state index contributed by atoms with van der Waals surface area (Å²) in [6.07, 6.45) is -1.18. The fourth-order valence-corrected chi connectivity index (χ4v) is 1.08. The van der Waals surface area contributed by atoms with Crippen LogP contribution in [-0.2, 0) is 4.74 Å². The van der Waals surface area contributed by atoms with Crippen LogP contribution in [0, 0.1) is 0 Å². The molecular formula is C10H11F3N2O2. The van der Waals surface area contributed by atoms with Crippen molar-refractivity contribution >= 4 is 5.78 Å².